The molecule has 0 heterocycles. The number of rotatable bonds is 4. The van der Waals surface area contributed by atoms with Gasteiger partial charge in [0.05, 0.1) is 12.0 Å². The van der Waals surface area contributed by atoms with Crippen molar-refractivity contribution in [3.8, 4) is 6.07 Å². The van der Waals surface area contributed by atoms with Crippen LogP contribution in [-0.4, -0.2) is 19.6 Å². The molecule has 52 valence electrons. The van der Waals surface area contributed by atoms with Crippen molar-refractivity contribution in [1.82, 2.24) is 0 Å². The zero-order valence-electron chi connectivity index (χ0n) is 5.43. The Balaban J connectivity index is 3.23. The van der Waals surface area contributed by atoms with Crippen LogP contribution in [0.2, 0.25) is 0 Å². The molecular weight excluding hydrogens is 138 g/mol. The molecule has 0 aliphatic carbocycles. The van der Waals surface area contributed by atoms with E-state index in [2.05, 4.69) is 6.07 Å². The molecule has 0 saturated carbocycles. The van der Waals surface area contributed by atoms with Crippen LogP contribution in [0.25, 0.3) is 0 Å². The highest BCUT2D eigenvalue weighted by molar-refractivity contribution is 6.18. The van der Waals surface area contributed by atoms with Crippen LogP contribution in [0.4, 0.5) is 0 Å². The number of ether oxygens (including phenoxy) is 1. The predicted molar refractivity (Wildman–Crippen MR) is 36.3 cm³/mol. The van der Waals surface area contributed by atoms with Crippen molar-refractivity contribution in [2.75, 3.05) is 19.6 Å². The summed E-state index contributed by atoms with van der Waals surface area (Å²) in [6.45, 7) is 0.616. The van der Waals surface area contributed by atoms with E-state index in [1.165, 1.54) is 0 Å². The molecule has 0 bridgehead atoms. The SMILES string of the molecule is COCCC(C#N)CCl. The summed E-state index contributed by atoms with van der Waals surface area (Å²) in [5.74, 6) is 0.353. The average molecular weight is 148 g/mol. The van der Waals surface area contributed by atoms with Crippen molar-refractivity contribution in [3.05, 3.63) is 0 Å². The summed E-state index contributed by atoms with van der Waals surface area (Å²) in [5, 5.41) is 8.36. The van der Waals surface area contributed by atoms with Crippen molar-refractivity contribution >= 4 is 11.6 Å². The van der Waals surface area contributed by atoms with Gasteiger partial charge < -0.3 is 4.74 Å². The molecule has 0 amide bonds. The molecule has 0 aromatic heterocycles. The maximum atomic E-state index is 8.36. The molecule has 0 aliphatic rings. The third kappa shape index (κ3) is 4.26. The van der Waals surface area contributed by atoms with E-state index in [4.69, 9.17) is 21.6 Å². The summed E-state index contributed by atoms with van der Waals surface area (Å²) < 4.78 is 4.77. The van der Waals surface area contributed by atoms with Crippen LogP contribution >= 0.6 is 11.6 Å². The van der Waals surface area contributed by atoms with E-state index in [0.717, 1.165) is 6.42 Å². The fourth-order valence-corrected chi connectivity index (χ4v) is 0.660. The van der Waals surface area contributed by atoms with Crippen LogP contribution < -0.4 is 0 Å². The first-order valence-corrected chi connectivity index (χ1v) is 3.33. The van der Waals surface area contributed by atoms with E-state index in [1.807, 2.05) is 0 Å². The fourth-order valence-electron chi connectivity index (χ4n) is 0.436. The topological polar surface area (TPSA) is 33.0 Å². The van der Waals surface area contributed by atoms with E-state index in [9.17, 15) is 0 Å². The molecule has 0 saturated heterocycles. The molecule has 0 aliphatic heterocycles. The molecule has 1 unspecified atom stereocenters. The first-order chi connectivity index (χ1) is 4.35. The zero-order chi connectivity index (χ0) is 7.11. The molecule has 0 aromatic carbocycles. The minimum Gasteiger partial charge on any atom is -0.385 e. The van der Waals surface area contributed by atoms with Gasteiger partial charge >= 0.3 is 0 Å². The van der Waals surface area contributed by atoms with Gasteiger partial charge in [0.1, 0.15) is 0 Å². The molecule has 3 heteroatoms. The third-order valence-corrected chi connectivity index (χ3v) is 1.41. The van der Waals surface area contributed by atoms with Crippen LogP contribution in [0.3, 0.4) is 0 Å². The number of methoxy groups -OCH3 is 1. The molecule has 0 radical (unpaired) electrons. The van der Waals surface area contributed by atoms with Crippen molar-refractivity contribution in [3.63, 3.8) is 0 Å². The Morgan fingerprint density at radius 1 is 1.78 bits per heavy atom. The van der Waals surface area contributed by atoms with Crippen LogP contribution in [-0.2, 0) is 4.74 Å². The first-order valence-electron chi connectivity index (χ1n) is 2.79. The van der Waals surface area contributed by atoms with Crippen molar-refractivity contribution < 1.29 is 4.74 Å². The predicted octanol–water partition coefficient (Wildman–Crippen LogP) is 1.40. The lowest BCUT2D eigenvalue weighted by molar-refractivity contribution is 0.187. The highest BCUT2D eigenvalue weighted by Gasteiger charge is 2.02. The lowest BCUT2D eigenvalue weighted by atomic mass is 10.1. The highest BCUT2D eigenvalue weighted by atomic mass is 35.5. The van der Waals surface area contributed by atoms with Crippen LogP contribution in [0.15, 0.2) is 0 Å². The Kier molecular flexibility index (Phi) is 5.70. The summed E-state index contributed by atoms with van der Waals surface area (Å²) in [7, 11) is 1.61. The van der Waals surface area contributed by atoms with Gasteiger partial charge in [0, 0.05) is 19.6 Å². The van der Waals surface area contributed by atoms with E-state index in [1.54, 1.807) is 7.11 Å². The summed E-state index contributed by atoms with van der Waals surface area (Å²) in [6.07, 6.45) is 0.733. The largest absolute Gasteiger partial charge is 0.385 e. The van der Waals surface area contributed by atoms with E-state index >= 15 is 0 Å². The van der Waals surface area contributed by atoms with Gasteiger partial charge in [0.15, 0.2) is 0 Å². The Morgan fingerprint density at radius 3 is 2.78 bits per heavy atom. The third-order valence-electron chi connectivity index (χ3n) is 1.04. The van der Waals surface area contributed by atoms with Gasteiger partial charge in [-0.05, 0) is 6.42 Å². The zero-order valence-corrected chi connectivity index (χ0v) is 6.19. The molecule has 1 atom stereocenters. The second-order valence-corrected chi connectivity index (χ2v) is 2.07. The maximum Gasteiger partial charge on any atom is 0.0669 e. The van der Waals surface area contributed by atoms with Gasteiger partial charge in [-0.3, -0.25) is 0 Å². The Hall–Kier alpha value is -0.260. The van der Waals surface area contributed by atoms with Crippen LogP contribution in [0, 0.1) is 17.2 Å². The Morgan fingerprint density at radius 2 is 2.44 bits per heavy atom. The Bertz CT molecular complexity index is 99.7. The van der Waals surface area contributed by atoms with Gasteiger partial charge in [-0.15, -0.1) is 11.6 Å². The lowest BCUT2D eigenvalue weighted by Gasteiger charge is -2.01. The molecule has 0 N–H and O–H groups in total. The van der Waals surface area contributed by atoms with Crippen LogP contribution in [0.5, 0.6) is 0 Å². The van der Waals surface area contributed by atoms with Crippen LogP contribution in [0.1, 0.15) is 6.42 Å². The first kappa shape index (κ1) is 8.74. The van der Waals surface area contributed by atoms with Gasteiger partial charge in [0.2, 0.25) is 0 Å². The number of nitriles is 1. The van der Waals surface area contributed by atoms with E-state index in [0.29, 0.717) is 12.5 Å². The second-order valence-electron chi connectivity index (χ2n) is 1.76. The molecule has 0 spiro atoms. The fraction of sp³-hybridized carbons (Fsp3) is 0.833. The van der Waals surface area contributed by atoms with E-state index < -0.39 is 0 Å². The summed E-state index contributed by atoms with van der Waals surface area (Å²) in [4.78, 5) is 0. The highest BCUT2D eigenvalue weighted by Crippen LogP contribution is 2.02. The molecule has 0 aromatic rings. The van der Waals surface area contributed by atoms with Gasteiger partial charge in [-0.25, -0.2) is 0 Å². The van der Waals surface area contributed by atoms with E-state index in [-0.39, 0.29) is 5.92 Å². The van der Waals surface area contributed by atoms with Gasteiger partial charge in [-0.1, -0.05) is 0 Å². The standard InChI is InChI=1S/C6H10ClNO/c1-9-3-2-6(4-7)5-8/h6H,2-4H2,1H3. The minimum absolute atomic E-state index is 0.0494. The van der Waals surface area contributed by atoms with Crippen molar-refractivity contribution in [1.29, 1.82) is 5.26 Å². The summed E-state index contributed by atoms with van der Waals surface area (Å²) in [5.41, 5.74) is 0. The monoisotopic (exact) mass is 147 g/mol. The van der Waals surface area contributed by atoms with Gasteiger partial charge in [-0.2, -0.15) is 5.26 Å². The molecule has 2 nitrogen and oxygen atoms in total. The normalized spacial score (nSPS) is 12.6. The maximum absolute atomic E-state index is 8.36. The molecule has 0 rings (SSSR count). The minimum atomic E-state index is -0.0494. The lowest BCUT2D eigenvalue weighted by Crippen LogP contribution is -2.02. The number of hydrogen-bond donors (Lipinski definition) is 0. The molecule has 9 heavy (non-hydrogen) atoms. The van der Waals surface area contributed by atoms with Gasteiger partial charge in [0.25, 0.3) is 0 Å². The number of nitrogens with zero attached hydrogens (tertiary/aromatic N) is 1. The number of halogens is 1. The molecular formula is C6H10ClNO. The summed E-state index contributed by atoms with van der Waals surface area (Å²) in [6, 6.07) is 2.07. The number of hydrogen-bond acceptors (Lipinski definition) is 2. The average Bonchev–Trinajstić information content (AvgIpc) is 1.91. The quantitative estimate of drug-likeness (QED) is 0.564. The summed E-state index contributed by atoms with van der Waals surface area (Å²) >= 11 is 5.43. The number of alkyl halides is 1. The molecule has 0 fully saturated rings. The Labute approximate surface area is 60.4 Å². The van der Waals surface area contributed by atoms with Crippen molar-refractivity contribution in [2.24, 2.45) is 5.92 Å². The smallest absolute Gasteiger partial charge is 0.0669 e. The van der Waals surface area contributed by atoms with Crippen molar-refractivity contribution in [2.45, 2.75) is 6.42 Å². The second kappa shape index (κ2) is 5.87.